The van der Waals surface area contributed by atoms with Crippen molar-refractivity contribution in [2.45, 2.75) is 112 Å². The van der Waals surface area contributed by atoms with Gasteiger partial charge in [0.1, 0.15) is 39.8 Å². The van der Waals surface area contributed by atoms with Crippen molar-refractivity contribution in [3.05, 3.63) is 128 Å². The van der Waals surface area contributed by atoms with E-state index in [1.807, 2.05) is 89.2 Å². The lowest BCUT2D eigenvalue weighted by molar-refractivity contribution is -0.158. The molecule has 0 spiro atoms. The number of aliphatic hydroxyl groups is 1. The molecule has 2 heterocycles. The van der Waals surface area contributed by atoms with Crippen molar-refractivity contribution in [1.82, 2.24) is 0 Å². The first-order valence-corrected chi connectivity index (χ1v) is 20.8. The summed E-state index contributed by atoms with van der Waals surface area (Å²) in [5, 5.41) is 10.9. The molecule has 2 aliphatic rings. The fraction of sp³-hybridized carbons (Fsp3) is 0.362. The molecule has 2 aliphatic heterocycles. The summed E-state index contributed by atoms with van der Waals surface area (Å²) in [4.78, 5) is 26.1. The van der Waals surface area contributed by atoms with Crippen LogP contribution in [0.3, 0.4) is 0 Å². The number of carbonyl (C=O) groups is 2. The molecule has 1 atom stereocenters. The Hall–Kier alpha value is -4.09. The standard InChI is InChI=1S/C23H25BrO4.C22H22BrFO3.C2H6/c1-6-14-7-10-17(27-16-11-8-15(24)9-12-16)13-18(14)19-20(25)22(2,3)28-23(4,5)21(19)26;1-5-14-6-8-16(26-20-9-7-15(23)11-19(20)24)12-17(14)18-10-13(2)27-22(3,4)21(18)25;1-2/h7-13,25H,6H2,1-5H3;6-13H,5H2,1-4H3;1-2H3. The van der Waals surface area contributed by atoms with E-state index in [9.17, 15) is 19.1 Å². The molecule has 0 fully saturated rings. The summed E-state index contributed by atoms with van der Waals surface area (Å²) in [7, 11) is 0. The van der Waals surface area contributed by atoms with Crippen molar-refractivity contribution in [3.8, 4) is 23.0 Å². The van der Waals surface area contributed by atoms with Gasteiger partial charge in [-0.25, -0.2) is 4.39 Å². The third-order valence-corrected chi connectivity index (χ3v) is 10.4. The minimum absolute atomic E-state index is 0.0488. The van der Waals surface area contributed by atoms with Crippen LogP contribution in [0.25, 0.3) is 11.1 Å². The first-order chi connectivity index (χ1) is 26.8. The molecule has 6 rings (SSSR count). The summed E-state index contributed by atoms with van der Waals surface area (Å²) in [5.74, 6) is 1.10. The van der Waals surface area contributed by atoms with E-state index < -0.39 is 22.6 Å². The van der Waals surface area contributed by atoms with Gasteiger partial charge in [-0.2, -0.15) is 0 Å². The molecule has 57 heavy (non-hydrogen) atoms. The van der Waals surface area contributed by atoms with Gasteiger partial charge in [-0.1, -0.05) is 71.7 Å². The largest absolute Gasteiger partial charge is 0.508 e. The number of carbonyl (C=O) groups excluding carboxylic acids is 2. The number of Topliss-reactive ketones (excluding diaryl/α,β-unsaturated/α-hetero) is 2. The van der Waals surface area contributed by atoms with E-state index >= 15 is 0 Å². The van der Waals surface area contributed by atoms with Crippen molar-refractivity contribution in [3.63, 3.8) is 0 Å². The van der Waals surface area contributed by atoms with Crippen LogP contribution in [0, 0.1) is 5.82 Å². The molecule has 0 amide bonds. The van der Waals surface area contributed by atoms with E-state index in [1.165, 1.54) is 6.07 Å². The normalized spacial score (nSPS) is 18.1. The Bertz CT molecular complexity index is 2170. The van der Waals surface area contributed by atoms with E-state index in [0.717, 1.165) is 34.0 Å². The molecule has 1 unspecified atom stereocenters. The molecule has 0 aromatic heterocycles. The summed E-state index contributed by atoms with van der Waals surface area (Å²) in [6.07, 6.45) is 3.15. The molecule has 0 aliphatic carbocycles. The number of benzene rings is 4. The Kier molecular flexibility index (Phi) is 14.9. The highest BCUT2D eigenvalue weighted by molar-refractivity contribution is 9.10. The molecule has 10 heteroatoms. The van der Waals surface area contributed by atoms with Crippen molar-refractivity contribution in [2.24, 2.45) is 0 Å². The second kappa shape index (κ2) is 18.7. The van der Waals surface area contributed by atoms with Gasteiger partial charge in [0.05, 0.1) is 11.7 Å². The van der Waals surface area contributed by atoms with Crippen LogP contribution in [-0.4, -0.2) is 39.6 Å². The van der Waals surface area contributed by atoms with Gasteiger partial charge in [0.15, 0.2) is 23.1 Å². The van der Waals surface area contributed by atoms with Crippen LogP contribution in [0.4, 0.5) is 4.39 Å². The van der Waals surface area contributed by atoms with Crippen LogP contribution >= 0.6 is 31.9 Å². The molecular weight excluding hydrogens is 855 g/mol. The Morgan fingerprint density at radius 3 is 1.79 bits per heavy atom. The minimum Gasteiger partial charge on any atom is -0.508 e. The zero-order chi connectivity index (χ0) is 42.5. The van der Waals surface area contributed by atoms with Crippen LogP contribution in [0.5, 0.6) is 23.0 Å². The predicted molar refractivity (Wildman–Crippen MR) is 233 cm³/mol. The Morgan fingerprint density at radius 1 is 0.684 bits per heavy atom. The third-order valence-electron chi connectivity index (χ3n) is 9.42. The highest BCUT2D eigenvalue weighted by Crippen LogP contribution is 2.42. The van der Waals surface area contributed by atoms with Gasteiger partial charge >= 0.3 is 0 Å². The lowest BCUT2D eigenvalue weighted by atomic mass is 9.81. The molecule has 4 aromatic carbocycles. The van der Waals surface area contributed by atoms with E-state index in [1.54, 1.807) is 65.8 Å². The fourth-order valence-corrected chi connectivity index (χ4v) is 7.35. The lowest BCUT2D eigenvalue weighted by Crippen LogP contribution is -2.49. The summed E-state index contributed by atoms with van der Waals surface area (Å²) >= 11 is 6.64. The fourth-order valence-electron chi connectivity index (χ4n) is 6.75. The van der Waals surface area contributed by atoms with Gasteiger partial charge in [-0.05, 0) is 156 Å². The Balaban J connectivity index is 0.000000242. The highest BCUT2D eigenvalue weighted by atomic mass is 79.9. The topological polar surface area (TPSA) is 91.3 Å². The number of halogens is 3. The summed E-state index contributed by atoms with van der Waals surface area (Å²) in [6.45, 7) is 20.5. The zero-order valence-electron chi connectivity index (χ0n) is 34.6. The molecule has 0 saturated carbocycles. The van der Waals surface area contributed by atoms with Crippen LogP contribution in [-0.2, 0) is 31.9 Å². The summed E-state index contributed by atoms with van der Waals surface area (Å²) in [5.41, 5.74) is 1.54. The number of ether oxygens (including phenoxy) is 4. The Labute approximate surface area is 353 Å². The second-order valence-corrected chi connectivity index (χ2v) is 16.8. The molecular formula is C47H53Br2FO7. The van der Waals surface area contributed by atoms with Crippen molar-refractivity contribution < 1.29 is 38.0 Å². The van der Waals surface area contributed by atoms with Gasteiger partial charge in [-0.3, -0.25) is 9.59 Å². The number of aryl methyl sites for hydroxylation is 2. The van der Waals surface area contributed by atoms with Gasteiger partial charge < -0.3 is 24.1 Å². The Morgan fingerprint density at radius 2 is 1.21 bits per heavy atom. The number of hydrogen-bond donors (Lipinski definition) is 1. The molecule has 7 nitrogen and oxygen atoms in total. The molecule has 0 radical (unpaired) electrons. The number of ketones is 2. The van der Waals surface area contributed by atoms with Gasteiger partial charge in [-0.15, -0.1) is 0 Å². The first kappa shape index (κ1) is 45.6. The molecule has 1 N–H and O–H groups in total. The van der Waals surface area contributed by atoms with Crippen molar-refractivity contribution in [2.75, 3.05) is 0 Å². The average Bonchev–Trinajstić information content (AvgIpc) is 3.15. The quantitative estimate of drug-likeness (QED) is 0.188. The second-order valence-electron chi connectivity index (χ2n) is 15.0. The SMILES string of the molecule is CC.CCc1ccc(Oc2ccc(Br)cc2)cc1C1=C(O)C(C)(C)OC(C)(C)C1=O.CCc1ccc(Oc2ccc(Br)cc2F)cc1C1=CC(C)OC(C)(C)C1=O. The van der Waals surface area contributed by atoms with E-state index in [0.29, 0.717) is 38.4 Å². The molecule has 0 bridgehead atoms. The first-order valence-electron chi connectivity index (χ1n) is 19.2. The lowest BCUT2D eigenvalue weighted by Gasteiger charge is -2.40. The molecule has 304 valence electrons. The van der Waals surface area contributed by atoms with E-state index in [2.05, 4.69) is 31.9 Å². The van der Waals surface area contributed by atoms with Crippen LogP contribution < -0.4 is 9.47 Å². The number of rotatable bonds is 8. The summed E-state index contributed by atoms with van der Waals surface area (Å²) < 4.78 is 39.0. The maximum Gasteiger partial charge on any atom is 0.198 e. The molecule has 0 saturated heterocycles. The number of aliphatic hydroxyl groups excluding tert-OH is 1. The minimum atomic E-state index is -1.03. The maximum atomic E-state index is 14.1. The van der Waals surface area contributed by atoms with Crippen LogP contribution in [0.1, 0.15) is 98.4 Å². The monoisotopic (exact) mass is 906 g/mol. The summed E-state index contributed by atoms with van der Waals surface area (Å²) in [6, 6.07) is 23.3. The molecule has 4 aromatic rings. The zero-order valence-corrected chi connectivity index (χ0v) is 37.8. The van der Waals surface area contributed by atoms with Crippen LogP contribution in [0.2, 0.25) is 0 Å². The van der Waals surface area contributed by atoms with E-state index in [4.69, 9.17) is 18.9 Å². The van der Waals surface area contributed by atoms with Crippen LogP contribution in [0.15, 0.2) is 99.6 Å². The van der Waals surface area contributed by atoms with E-state index in [-0.39, 0.29) is 29.2 Å². The van der Waals surface area contributed by atoms with Gasteiger partial charge in [0.25, 0.3) is 0 Å². The highest BCUT2D eigenvalue weighted by Gasteiger charge is 2.47. The van der Waals surface area contributed by atoms with Crippen molar-refractivity contribution >= 4 is 54.6 Å². The predicted octanol–water partition coefficient (Wildman–Crippen LogP) is 13.3. The third kappa shape index (κ3) is 10.7. The van der Waals surface area contributed by atoms with Gasteiger partial charge in [0, 0.05) is 14.5 Å². The number of hydrogen-bond acceptors (Lipinski definition) is 7. The van der Waals surface area contributed by atoms with Gasteiger partial charge in [0.2, 0.25) is 0 Å². The van der Waals surface area contributed by atoms with Crippen molar-refractivity contribution in [1.29, 1.82) is 0 Å². The maximum absolute atomic E-state index is 14.1. The smallest absolute Gasteiger partial charge is 0.198 e. The average molecular weight is 909 g/mol.